The maximum absolute atomic E-state index is 12.0. The number of rotatable bonds is 0. The second-order valence-electron chi connectivity index (χ2n) is 3.27. The van der Waals surface area contributed by atoms with Gasteiger partial charge in [-0.3, -0.25) is 0 Å². The molecule has 2 nitrogen and oxygen atoms in total. The van der Waals surface area contributed by atoms with Crippen LogP contribution in [0, 0.1) is 58.7 Å². The third-order valence-electron chi connectivity index (χ3n) is 1.89. The van der Waals surface area contributed by atoms with Crippen LogP contribution < -0.4 is 0 Å². The fourth-order valence-electron chi connectivity index (χ4n) is 0.924. The first-order chi connectivity index (χ1) is 10.1. The Morgan fingerprint density at radius 3 is 0.682 bits per heavy atom. The predicted molar refractivity (Wildman–Crippen MR) is 48.1 cm³/mol. The molecular formula is C10F10N2. The lowest BCUT2D eigenvalue weighted by molar-refractivity contribution is 0.348. The fourth-order valence-corrected chi connectivity index (χ4v) is 0.924. The minimum atomic E-state index is -2.20. The maximum atomic E-state index is 12.0. The Labute approximate surface area is 114 Å². The van der Waals surface area contributed by atoms with Crippen LogP contribution in [0.2, 0.25) is 0 Å². The van der Waals surface area contributed by atoms with Crippen molar-refractivity contribution in [3.8, 4) is 0 Å². The van der Waals surface area contributed by atoms with Gasteiger partial charge in [-0.25, -0.2) is 8.78 Å². The van der Waals surface area contributed by atoms with Crippen LogP contribution in [0.4, 0.5) is 43.9 Å². The molecule has 0 fully saturated rings. The summed E-state index contributed by atoms with van der Waals surface area (Å²) in [5.74, 6) is -20.9. The topological polar surface area (TPSA) is 25.8 Å². The zero-order valence-electron chi connectivity index (χ0n) is 9.67. The van der Waals surface area contributed by atoms with E-state index in [0.717, 1.165) is 0 Å². The summed E-state index contributed by atoms with van der Waals surface area (Å²) in [5.41, 5.74) is 0. The van der Waals surface area contributed by atoms with Crippen LogP contribution in [0.1, 0.15) is 0 Å². The molecule has 0 aliphatic carbocycles. The third kappa shape index (κ3) is 3.43. The second kappa shape index (κ2) is 6.58. The van der Waals surface area contributed by atoms with Crippen molar-refractivity contribution in [3.63, 3.8) is 0 Å². The van der Waals surface area contributed by atoms with E-state index in [0.29, 0.717) is 0 Å². The van der Waals surface area contributed by atoms with Crippen LogP contribution in [0.25, 0.3) is 0 Å². The lowest BCUT2D eigenvalue weighted by Crippen LogP contribution is -2.03. The van der Waals surface area contributed by atoms with E-state index in [9.17, 15) is 43.9 Å². The van der Waals surface area contributed by atoms with Crippen LogP contribution in [0.3, 0.4) is 0 Å². The number of aromatic nitrogens is 2. The molecule has 0 unspecified atom stereocenters. The summed E-state index contributed by atoms with van der Waals surface area (Å²) in [7, 11) is 0. The summed E-state index contributed by atoms with van der Waals surface area (Å²) in [6, 6.07) is 0. The van der Waals surface area contributed by atoms with Gasteiger partial charge >= 0.3 is 0 Å². The molecule has 0 saturated heterocycles. The number of pyridine rings is 2. The molecule has 2 aromatic heterocycles. The van der Waals surface area contributed by atoms with E-state index in [1.165, 1.54) is 0 Å². The summed E-state index contributed by atoms with van der Waals surface area (Å²) in [6.07, 6.45) is 0. The van der Waals surface area contributed by atoms with Gasteiger partial charge in [0.15, 0.2) is 0 Å². The van der Waals surface area contributed by atoms with Gasteiger partial charge in [-0.2, -0.15) is 45.1 Å². The van der Waals surface area contributed by atoms with E-state index in [-0.39, 0.29) is 0 Å². The highest BCUT2D eigenvalue weighted by molar-refractivity contribution is 5.04. The molecule has 0 saturated carbocycles. The average Bonchev–Trinajstić information content (AvgIpc) is 2.47. The number of hydrogen-bond acceptors (Lipinski definition) is 2. The zero-order chi connectivity index (χ0) is 17.2. The lowest BCUT2D eigenvalue weighted by Gasteiger charge is -1.95. The summed E-state index contributed by atoms with van der Waals surface area (Å²) < 4.78 is 119. The van der Waals surface area contributed by atoms with Gasteiger partial charge in [-0.1, -0.05) is 0 Å². The van der Waals surface area contributed by atoms with Crippen molar-refractivity contribution in [1.29, 1.82) is 0 Å². The third-order valence-corrected chi connectivity index (χ3v) is 1.89. The van der Waals surface area contributed by atoms with Crippen LogP contribution in [0.5, 0.6) is 0 Å². The molecule has 0 radical (unpaired) electrons. The maximum Gasteiger partial charge on any atom is 0.254 e. The Hall–Kier alpha value is -2.40. The number of hydrogen-bond donors (Lipinski definition) is 0. The highest BCUT2D eigenvalue weighted by atomic mass is 19.2. The molecule has 0 aliphatic heterocycles. The van der Waals surface area contributed by atoms with Gasteiger partial charge in [0.25, 0.3) is 23.8 Å². The van der Waals surface area contributed by atoms with Gasteiger partial charge in [0.1, 0.15) is 0 Å². The first-order valence-corrected chi connectivity index (χ1v) is 4.78. The zero-order valence-corrected chi connectivity index (χ0v) is 9.67. The first-order valence-electron chi connectivity index (χ1n) is 4.78. The molecule has 0 atom stereocenters. The van der Waals surface area contributed by atoms with E-state index in [1.807, 2.05) is 0 Å². The quantitative estimate of drug-likeness (QED) is 0.542. The van der Waals surface area contributed by atoms with E-state index in [4.69, 9.17) is 0 Å². The first kappa shape index (κ1) is 17.7. The molecule has 0 bridgehead atoms. The summed E-state index contributed by atoms with van der Waals surface area (Å²) in [4.78, 5) is 4.22. The molecule has 0 aromatic carbocycles. The van der Waals surface area contributed by atoms with Crippen molar-refractivity contribution in [1.82, 2.24) is 9.97 Å². The largest absolute Gasteiger partial charge is 0.254 e. The molecule has 0 aliphatic rings. The van der Waals surface area contributed by atoms with E-state index in [1.54, 1.807) is 0 Å². The van der Waals surface area contributed by atoms with Crippen molar-refractivity contribution in [2.45, 2.75) is 0 Å². The molecule has 0 amide bonds. The Kier molecular flexibility index (Phi) is 5.28. The molecule has 0 spiro atoms. The lowest BCUT2D eigenvalue weighted by atomic mass is 10.4. The summed E-state index contributed by atoms with van der Waals surface area (Å²) >= 11 is 0. The van der Waals surface area contributed by atoms with Gasteiger partial charge in [-0.15, -0.1) is 0 Å². The summed E-state index contributed by atoms with van der Waals surface area (Å²) in [5, 5.41) is 0. The molecule has 12 heteroatoms. The average molecular weight is 338 g/mol. The smallest absolute Gasteiger partial charge is 0.200 e. The molecule has 22 heavy (non-hydrogen) atoms. The number of halogens is 10. The van der Waals surface area contributed by atoms with Gasteiger partial charge in [0, 0.05) is 0 Å². The van der Waals surface area contributed by atoms with Crippen molar-refractivity contribution in [3.05, 3.63) is 58.7 Å². The molecule has 2 aromatic rings. The number of nitrogens with zero attached hydrogens (tertiary/aromatic N) is 2. The fraction of sp³-hybridized carbons (Fsp3) is 0. The predicted octanol–water partition coefficient (Wildman–Crippen LogP) is 3.55. The molecule has 2 heterocycles. The highest BCUT2D eigenvalue weighted by Gasteiger charge is 2.20. The van der Waals surface area contributed by atoms with Gasteiger partial charge in [0.2, 0.25) is 34.9 Å². The standard InChI is InChI=1S/2C5F5N/c2*6-1-2(7)4(9)11-5(10)3(1)8. The van der Waals surface area contributed by atoms with Gasteiger partial charge in [0.05, 0.1) is 0 Å². The van der Waals surface area contributed by atoms with Crippen molar-refractivity contribution in [2.24, 2.45) is 0 Å². The van der Waals surface area contributed by atoms with Gasteiger partial charge in [-0.05, 0) is 0 Å². The molecule has 120 valence electrons. The van der Waals surface area contributed by atoms with Crippen molar-refractivity contribution in [2.75, 3.05) is 0 Å². The van der Waals surface area contributed by atoms with E-state index in [2.05, 4.69) is 9.97 Å². The Morgan fingerprint density at radius 2 is 0.500 bits per heavy atom. The Morgan fingerprint density at radius 1 is 0.318 bits per heavy atom. The van der Waals surface area contributed by atoms with Crippen molar-refractivity contribution >= 4 is 0 Å². The molecule has 2 rings (SSSR count). The van der Waals surface area contributed by atoms with Crippen LogP contribution in [-0.2, 0) is 0 Å². The minimum Gasteiger partial charge on any atom is -0.200 e. The Bertz CT molecular complexity index is 604. The van der Waals surface area contributed by atoms with E-state index >= 15 is 0 Å². The van der Waals surface area contributed by atoms with Crippen LogP contribution in [0.15, 0.2) is 0 Å². The summed E-state index contributed by atoms with van der Waals surface area (Å²) in [6.45, 7) is 0. The van der Waals surface area contributed by atoms with Crippen molar-refractivity contribution < 1.29 is 43.9 Å². The Balaban J connectivity index is 0.000000220. The highest BCUT2D eigenvalue weighted by Crippen LogP contribution is 2.14. The van der Waals surface area contributed by atoms with Crippen LogP contribution >= 0.6 is 0 Å². The SMILES string of the molecule is Fc1nc(F)c(F)c(F)c1F.Fc1nc(F)c(F)c(F)c1F. The minimum absolute atomic E-state index is 2.00. The second-order valence-corrected chi connectivity index (χ2v) is 3.27. The molecule has 0 N–H and O–H groups in total. The molecular weight excluding hydrogens is 338 g/mol. The van der Waals surface area contributed by atoms with Crippen LogP contribution in [-0.4, -0.2) is 9.97 Å². The normalized spacial score (nSPS) is 10.3. The monoisotopic (exact) mass is 338 g/mol. The van der Waals surface area contributed by atoms with Gasteiger partial charge < -0.3 is 0 Å². The van der Waals surface area contributed by atoms with E-state index < -0.39 is 58.7 Å².